The zero-order chi connectivity index (χ0) is 16.7. The number of aromatic nitrogens is 5. The predicted octanol–water partition coefficient (Wildman–Crippen LogP) is 3.21. The second-order valence-electron chi connectivity index (χ2n) is 5.62. The van der Waals surface area contributed by atoms with E-state index in [1.165, 1.54) is 0 Å². The Morgan fingerprint density at radius 2 is 1.96 bits per heavy atom. The normalized spacial score (nSPS) is 11.1. The summed E-state index contributed by atoms with van der Waals surface area (Å²) in [5, 5.41) is 4.71. The van der Waals surface area contributed by atoms with Crippen molar-refractivity contribution in [3.8, 4) is 22.7 Å². The molecule has 0 radical (unpaired) electrons. The molecule has 6 nitrogen and oxygen atoms in total. The van der Waals surface area contributed by atoms with E-state index in [-0.39, 0.29) is 0 Å². The van der Waals surface area contributed by atoms with E-state index in [2.05, 4.69) is 4.98 Å². The van der Waals surface area contributed by atoms with Crippen LogP contribution in [0.2, 0.25) is 0 Å². The number of aryl methyl sites for hydroxylation is 2. The molecule has 120 valence electrons. The van der Waals surface area contributed by atoms with Crippen molar-refractivity contribution in [3.63, 3.8) is 0 Å². The molecule has 24 heavy (non-hydrogen) atoms. The SMILES string of the molecule is COc1ccccc1-c1c(C)nn2c(-n3ccnc3)cc(C)nc12. The molecule has 6 heteroatoms. The van der Waals surface area contributed by atoms with Gasteiger partial charge in [-0.05, 0) is 19.9 Å². The third-order valence-corrected chi connectivity index (χ3v) is 4.02. The van der Waals surface area contributed by atoms with Crippen LogP contribution in [0.15, 0.2) is 49.1 Å². The number of hydrogen-bond acceptors (Lipinski definition) is 4. The minimum atomic E-state index is 0.806. The average molecular weight is 319 g/mol. The lowest BCUT2D eigenvalue weighted by atomic mass is 10.1. The average Bonchev–Trinajstić information content (AvgIpc) is 3.21. The standard InChI is InChI=1S/C18H17N5O/c1-12-10-16(22-9-8-19-11-22)23-18(20-12)17(13(2)21-23)14-6-4-5-7-15(14)24-3/h4-11H,1-3H3. The highest BCUT2D eigenvalue weighted by atomic mass is 16.5. The fourth-order valence-corrected chi connectivity index (χ4v) is 2.97. The fourth-order valence-electron chi connectivity index (χ4n) is 2.97. The summed E-state index contributed by atoms with van der Waals surface area (Å²) in [4.78, 5) is 8.86. The number of imidazole rings is 1. The van der Waals surface area contributed by atoms with Gasteiger partial charge in [0.1, 0.15) is 17.9 Å². The summed E-state index contributed by atoms with van der Waals surface area (Å²) in [6.45, 7) is 3.97. The van der Waals surface area contributed by atoms with Gasteiger partial charge in [-0.25, -0.2) is 9.97 Å². The van der Waals surface area contributed by atoms with E-state index in [1.807, 2.05) is 59.5 Å². The molecule has 0 spiro atoms. The largest absolute Gasteiger partial charge is 0.496 e. The van der Waals surface area contributed by atoms with Gasteiger partial charge in [0.2, 0.25) is 0 Å². The van der Waals surface area contributed by atoms with Crippen LogP contribution in [-0.2, 0) is 0 Å². The minimum Gasteiger partial charge on any atom is -0.496 e. The molecule has 4 aromatic rings. The first kappa shape index (κ1) is 14.4. The highest BCUT2D eigenvalue weighted by Gasteiger charge is 2.19. The van der Waals surface area contributed by atoms with Gasteiger partial charge in [0.25, 0.3) is 0 Å². The Morgan fingerprint density at radius 3 is 2.71 bits per heavy atom. The van der Waals surface area contributed by atoms with Crippen LogP contribution in [0, 0.1) is 13.8 Å². The minimum absolute atomic E-state index is 0.806. The molecule has 4 rings (SSSR count). The molecule has 0 bridgehead atoms. The first-order valence-electron chi connectivity index (χ1n) is 7.67. The van der Waals surface area contributed by atoms with E-state index in [9.17, 15) is 0 Å². The van der Waals surface area contributed by atoms with Crippen LogP contribution >= 0.6 is 0 Å². The van der Waals surface area contributed by atoms with Crippen molar-refractivity contribution in [2.75, 3.05) is 7.11 Å². The highest BCUT2D eigenvalue weighted by molar-refractivity contribution is 5.84. The van der Waals surface area contributed by atoms with Gasteiger partial charge >= 0.3 is 0 Å². The molecule has 0 saturated heterocycles. The van der Waals surface area contributed by atoms with Crippen molar-refractivity contribution in [2.45, 2.75) is 13.8 Å². The van der Waals surface area contributed by atoms with E-state index in [1.54, 1.807) is 19.6 Å². The maximum Gasteiger partial charge on any atom is 0.165 e. The molecule has 0 aliphatic carbocycles. The lowest BCUT2D eigenvalue weighted by Crippen LogP contribution is -2.04. The van der Waals surface area contributed by atoms with Gasteiger partial charge in [-0.1, -0.05) is 18.2 Å². The number of methoxy groups -OCH3 is 1. The van der Waals surface area contributed by atoms with Crippen LogP contribution in [0.5, 0.6) is 5.75 Å². The molecule has 0 fully saturated rings. The van der Waals surface area contributed by atoms with Crippen molar-refractivity contribution in [2.24, 2.45) is 0 Å². The van der Waals surface area contributed by atoms with E-state index in [0.29, 0.717) is 0 Å². The van der Waals surface area contributed by atoms with E-state index < -0.39 is 0 Å². The van der Waals surface area contributed by atoms with Crippen LogP contribution < -0.4 is 4.74 Å². The van der Waals surface area contributed by atoms with Crippen molar-refractivity contribution in [1.82, 2.24) is 24.1 Å². The number of benzene rings is 1. The number of fused-ring (bicyclic) bond motifs is 1. The molecular formula is C18H17N5O. The van der Waals surface area contributed by atoms with Crippen LogP contribution in [0.3, 0.4) is 0 Å². The molecule has 0 aliphatic heterocycles. The third kappa shape index (κ3) is 2.15. The zero-order valence-corrected chi connectivity index (χ0v) is 13.8. The summed E-state index contributed by atoms with van der Waals surface area (Å²) >= 11 is 0. The number of rotatable bonds is 3. The molecule has 3 heterocycles. The lowest BCUT2D eigenvalue weighted by Gasteiger charge is -2.09. The second-order valence-corrected chi connectivity index (χ2v) is 5.62. The molecule has 0 aliphatic rings. The Morgan fingerprint density at radius 1 is 1.12 bits per heavy atom. The van der Waals surface area contributed by atoms with Crippen LogP contribution in [-0.4, -0.2) is 31.3 Å². The fraction of sp³-hybridized carbons (Fsp3) is 0.167. The molecule has 0 N–H and O–H groups in total. The Bertz CT molecular complexity index is 1020. The first-order valence-corrected chi connectivity index (χ1v) is 7.67. The Hall–Kier alpha value is -3.15. The first-order chi connectivity index (χ1) is 11.7. The summed E-state index contributed by atoms with van der Waals surface area (Å²) in [6.07, 6.45) is 5.40. The smallest absolute Gasteiger partial charge is 0.165 e. The van der Waals surface area contributed by atoms with E-state index in [0.717, 1.165) is 39.7 Å². The van der Waals surface area contributed by atoms with Gasteiger partial charge in [-0.15, -0.1) is 0 Å². The van der Waals surface area contributed by atoms with Crippen LogP contribution in [0.1, 0.15) is 11.4 Å². The maximum atomic E-state index is 5.53. The van der Waals surface area contributed by atoms with Gasteiger partial charge in [0.05, 0.1) is 18.4 Å². The number of para-hydroxylation sites is 1. The zero-order valence-electron chi connectivity index (χ0n) is 13.8. The number of hydrogen-bond donors (Lipinski definition) is 0. The van der Waals surface area contributed by atoms with Crippen LogP contribution in [0.25, 0.3) is 22.6 Å². The highest BCUT2D eigenvalue weighted by Crippen LogP contribution is 2.35. The van der Waals surface area contributed by atoms with Crippen LogP contribution in [0.4, 0.5) is 0 Å². The van der Waals surface area contributed by atoms with Crippen molar-refractivity contribution >= 4 is 5.65 Å². The topological polar surface area (TPSA) is 57.2 Å². The molecule has 0 amide bonds. The Kier molecular flexibility index (Phi) is 3.30. The Balaban J connectivity index is 2.07. The Labute approximate surface area is 139 Å². The lowest BCUT2D eigenvalue weighted by molar-refractivity contribution is 0.416. The molecule has 3 aromatic heterocycles. The summed E-state index contributed by atoms with van der Waals surface area (Å²) in [5.74, 6) is 1.71. The molecular weight excluding hydrogens is 302 g/mol. The second kappa shape index (κ2) is 5.49. The molecule has 0 unspecified atom stereocenters. The van der Waals surface area contributed by atoms with Gasteiger partial charge in [-0.3, -0.25) is 4.57 Å². The van der Waals surface area contributed by atoms with E-state index in [4.69, 9.17) is 14.8 Å². The maximum absolute atomic E-state index is 5.53. The summed E-state index contributed by atoms with van der Waals surface area (Å²) in [7, 11) is 1.68. The summed E-state index contributed by atoms with van der Waals surface area (Å²) in [6, 6.07) is 9.92. The van der Waals surface area contributed by atoms with Crippen molar-refractivity contribution in [3.05, 3.63) is 60.4 Å². The third-order valence-electron chi connectivity index (χ3n) is 4.02. The summed E-state index contributed by atoms with van der Waals surface area (Å²) < 4.78 is 9.31. The van der Waals surface area contributed by atoms with Gasteiger partial charge in [0, 0.05) is 29.7 Å². The summed E-state index contributed by atoms with van der Waals surface area (Å²) in [5.41, 5.74) is 4.60. The van der Waals surface area contributed by atoms with Gasteiger partial charge in [-0.2, -0.15) is 9.61 Å². The number of nitrogens with zero attached hydrogens (tertiary/aromatic N) is 5. The van der Waals surface area contributed by atoms with Crippen molar-refractivity contribution in [1.29, 1.82) is 0 Å². The quantitative estimate of drug-likeness (QED) is 0.582. The number of ether oxygens (including phenoxy) is 1. The van der Waals surface area contributed by atoms with Gasteiger partial charge in [0.15, 0.2) is 5.65 Å². The monoisotopic (exact) mass is 319 g/mol. The molecule has 0 atom stereocenters. The van der Waals surface area contributed by atoms with E-state index >= 15 is 0 Å². The molecule has 0 saturated carbocycles. The van der Waals surface area contributed by atoms with Gasteiger partial charge < -0.3 is 4.74 Å². The van der Waals surface area contributed by atoms with Crippen molar-refractivity contribution < 1.29 is 4.74 Å². The predicted molar refractivity (Wildman–Crippen MR) is 91.6 cm³/mol. The molecule has 1 aromatic carbocycles.